The van der Waals surface area contributed by atoms with Crippen molar-refractivity contribution in [2.75, 3.05) is 0 Å². The Balaban J connectivity index is 2.89. The van der Waals surface area contributed by atoms with Gasteiger partial charge in [0.05, 0.1) is 11.4 Å². The van der Waals surface area contributed by atoms with Crippen molar-refractivity contribution in [1.82, 2.24) is 4.98 Å². The highest BCUT2D eigenvalue weighted by Crippen LogP contribution is 2.26. The monoisotopic (exact) mass is 291 g/mol. The molecule has 0 saturated heterocycles. The summed E-state index contributed by atoms with van der Waals surface area (Å²) in [6.45, 7) is 7.06. The summed E-state index contributed by atoms with van der Waals surface area (Å²) in [5.41, 5.74) is 0.728. The molecule has 0 fully saturated rings. The third-order valence-corrected chi connectivity index (χ3v) is 2.88. The van der Waals surface area contributed by atoms with Crippen LogP contribution in [0.25, 0.3) is 0 Å². The van der Waals surface area contributed by atoms with Gasteiger partial charge in [0.15, 0.2) is 0 Å². The number of esters is 1. The molecule has 1 rings (SSSR count). The Morgan fingerprint density at radius 2 is 1.89 bits per heavy atom. The second kappa shape index (κ2) is 5.33. The van der Waals surface area contributed by atoms with Crippen LogP contribution in [0.15, 0.2) is 0 Å². The maximum Gasteiger partial charge on any atom is 0.312 e. The summed E-state index contributed by atoms with van der Waals surface area (Å²) in [6.07, 6.45) is 0.0208. The number of hydrogen-bond donors (Lipinski definition) is 1. The summed E-state index contributed by atoms with van der Waals surface area (Å²) in [5, 5.41) is -0.438. The molecule has 0 unspecified atom stereocenters. The second-order valence-electron chi connectivity index (χ2n) is 4.95. The minimum Gasteiger partial charge on any atom is -0.460 e. The van der Waals surface area contributed by atoms with Gasteiger partial charge in [-0.3, -0.25) is 9.59 Å². The van der Waals surface area contributed by atoms with E-state index in [-0.39, 0.29) is 17.1 Å². The molecule has 1 N–H and O–H groups in total. The Morgan fingerprint density at radius 1 is 1.33 bits per heavy atom. The molecule has 0 saturated carbocycles. The minimum absolute atomic E-state index is 0.0208. The molecule has 0 aliphatic rings. The number of aromatic amines is 1. The van der Waals surface area contributed by atoms with Gasteiger partial charge in [-0.15, -0.1) is 0 Å². The molecule has 0 aliphatic heterocycles. The zero-order chi connectivity index (χ0) is 14.1. The summed E-state index contributed by atoms with van der Waals surface area (Å²) < 4.78 is 5.19. The van der Waals surface area contributed by atoms with Crippen LogP contribution in [0.5, 0.6) is 0 Å². The van der Waals surface area contributed by atoms with E-state index in [9.17, 15) is 9.59 Å². The number of nitrogens with one attached hydrogen (secondary N) is 1. The zero-order valence-electron chi connectivity index (χ0n) is 10.7. The highest BCUT2D eigenvalue weighted by Gasteiger charge is 2.21. The number of hydrogen-bond acceptors (Lipinski definition) is 3. The molecule has 1 aromatic heterocycles. The molecule has 6 heteroatoms. The van der Waals surface area contributed by atoms with E-state index in [0.29, 0.717) is 11.3 Å². The van der Waals surface area contributed by atoms with Crippen molar-refractivity contribution in [1.29, 1.82) is 0 Å². The van der Waals surface area contributed by atoms with Crippen LogP contribution in [-0.4, -0.2) is 21.8 Å². The fourth-order valence-electron chi connectivity index (χ4n) is 1.45. The summed E-state index contributed by atoms with van der Waals surface area (Å²) in [5.74, 6) is -0.392. The normalized spacial score (nSPS) is 11.4. The standard InChI is InChI=1S/C12H15Cl2NO3/c1-6-7(5-8(16)18-12(2,3)4)15-10(9(6)13)11(14)17/h15H,5H2,1-4H3. The lowest BCUT2D eigenvalue weighted by Crippen LogP contribution is -2.25. The molecule has 0 radical (unpaired) electrons. The van der Waals surface area contributed by atoms with Crippen LogP contribution >= 0.6 is 23.2 Å². The van der Waals surface area contributed by atoms with Crippen molar-refractivity contribution in [2.45, 2.75) is 39.7 Å². The van der Waals surface area contributed by atoms with Crippen molar-refractivity contribution < 1.29 is 14.3 Å². The first kappa shape index (κ1) is 15.1. The third-order valence-electron chi connectivity index (χ3n) is 2.21. The Morgan fingerprint density at radius 3 is 2.28 bits per heavy atom. The van der Waals surface area contributed by atoms with Crippen molar-refractivity contribution in [3.8, 4) is 0 Å². The molecule has 0 atom stereocenters. The summed E-state index contributed by atoms with van der Waals surface area (Å²) in [6, 6.07) is 0. The average molecular weight is 292 g/mol. The van der Waals surface area contributed by atoms with Crippen LogP contribution in [-0.2, 0) is 16.0 Å². The topological polar surface area (TPSA) is 59.2 Å². The molecule has 1 heterocycles. The van der Waals surface area contributed by atoms with Gasteiger partial charge in [-0.05, 0) is 44.9 Å². The van der Waals surface area contributed by atoms with Crippen LogP contribution < -0.4 is 0 Å². The molecule has 0 aromatic carbocycles. The van der Waals surface area contributed by atoms with E-state index in [0.717, 1.165) is 0 Å². The van der Waals surface area contributed by atoms with Crippen molar-refractivity contribution in [3.63, 3.8) is 0 Å². The van der Waals surface area contributed by atoms with E-state index in [2.05, 4.69) is 4.98 Å². The van der Waals surface area contributed by atoms with Gasteiger partial charge in [-0.1, -0.05) is 11.6 Å². The van der Waals surface area contributed by atoms with Crippen LogP contribution in [0.2, 0.25) is 5.02 Å². The lowest BCUT2D eigenvalue weighted by molar-refractivity contribution is -0.154. The highest BCUT2D eigenvalue weighted by molar-refractivity contribution is 6.68. The number of H-pyrrole nitrogens is 1. The fourth-order valence-corrected chi connectivity index (χ4v) is 1.89. The first-order chi connectivity index (χ1) is 8.11. The van der Waals surface area contributed by atoms with Crippen molar-refractivity contribution in [2.24, 2.45) is 0 Å². The minimum atomic E-state index is -0.682. The first-order valence-corrected chi connectivity index (χ1v) is 6.16. The zero-order valence-corrected chi connectivity index (χ0v) is 12.2. The van der Waals surface area contributed by atoms with Crippen LogP contribution in [0.1, 0.15) is 42.5 Å². The van der Waals surface area contributed by atoms with Crippen LogP contribution in [0.3, 0.4) is 0 Å². The Kier molecular flexibility index (Phi) is 4.46. The SMILES string of the molecule is Cc1c(CC(=O)OC(C)(C)C)[nH]c(C(=O)Cl)c1Cl. The number of carbonyl (C=O) groups is 2. The van der Waals surface area contributed by atoms with E-state index in [1.54, 1.807) is 27.7 Å². The molecular weight excluding hydrogens is 277 g/mol. The van der Waals surface area contributed by atoms with Crippen LogP contribution in [0.4, 0.5) is 0 Å². The van der Waals surface area contributed by atoms with E-state index in [1.807, 2.05) is 0 Å². The fraction of sp³-hybridized carbons (Fsp3) is 0.500. The molecule has 100 valence electrons. The molecule has 0 aliphatic carbocycles. The number of ether oxygens (including phenoxy) is 1. The Bertz CT molecular complexity index is 486. The van der Waals surface area contributed by atoms with E-state index in [1.165, 1.54) is 0 Å². The molecule has 0 spiro atoms. The lowest BCUT2D eigenvalue weighted by Gasteiger charge is -2.19. The molecule has 4 nitrogen and oxygen atoms in total. The second-order valence-corrected chi connectivity index (χ2v) is 5.68. The van der Waals surface area contributed by atoms with Gasteiger partial charge in [0.1, 0.15) is 11.3 Å². The van der Waals surface area contributed by atoms with E-state index in [4.69, 9.17) is 27.9 Å². The summed E-state index contributed by atoms with van der Waals surface area (Å²) >= 11 is 11.3. The largest absolute Gasteiger partial charge is 0.460 e. The lowest BCUT2D eigenvalue weighted by atomic mass is 10.2. The number of aromatic nitrogens is 1. The smallest absolute Gasteiger partial charge is 0.312 e. The highest BCUT2D eigenvalue weighted by atomic mass is 35.5. The third kappa shape index (κ3) is 3.75. The molecule has 1 aromatic rings. The maximum absolute atomic E-state index is 11.7. The molecular formula is C12H15Cl2NO3. The predicted octanol–water partition coefficient (Wildman–Crippen LogP) is 3.24. The van der Waals surface area contributed by atoms with Gasteiger partial charge in [0, 0.05) is 5.69 Å². The average Bonchev–Trinajstić information content (AvgIpc) is 2.43. The Hall–Kier alpha value is -1.00. The first-order valence-electron chi connectivity index (χ1n) is 5.40. The van der Waals surface area contributed by atoms with Gasteiger partial charge in [0.2, 0.25) is 0 Å². The van der Waals surface area contributed by atoms with Gasteiger partial charge >= 0.3 is 5.97 Å². The molecule has 18 heavy (non-hydrogen) atoms. The van der Waals surface area contributed by atoms with E-state index >= 15 is 0 Å². The quantitative estimate of drug-likeness (QED) is 0.687. The van der Waals surface area contributed by atoms with Gasteiger partial charge in [-0.25, -0.2) is 0 Å². The van der Waals surface area contributed by atoms with Crippen molar-refractivity contribution >= 4 is 34.4 Å². The van der Waals surface area contributed by atoms with Crippen LogP contribution in [0, 0.1) is 6.92 Å². The van der Waals surface area contributed by atoms with Crippen molar-refractivity contribution in [3.05, 3.63) is 22.0 Å². The van der Waals surface area contributed by atoms with E-state index < -0.39 is 16.8 Å². The number of halogens is 2. The Labute approximate surface area is 116 Å². The number of rotatable bonds is 3. The molecule has 0 amide bonds. The molecule has 0 bridgehead atoms. The number of carbonyl (C=O) groups excluding carboxylic acids is 2. The van der Waals surface area contributed by atoms with Gasteiger partial charge < -0.3 is 9.72 Å². The summed E-state index contributed by atoms with van der Waals surface area (Å²) in [4.78, 5) is 25.5. The maximum atomic E-state index is 11.7. The van der Waals surface area contributed by atoms with Gasteiger partial charge in [-0.2, -0.15) is 0 Å². The van der Waals surface area contributed by atoms with Gasteiger partial charge in [0.25, 0.3) is 5.24 Å². The summed E-state index contributed by atoms with van der Waals surface area (Å²) in [7, 11) is 0. The predicted molar refractivity (Wildman–Crippen MR) is 70.3 cm³/mol.